The molecule has 1 aliphatic carbocycles. The van der Waals surface area contributed by atoms with Crippen LogP contribution in [0.2, 0.25) is 0 Å². The van der Waals surface area contributed by atoms with Gasteiger partial charge in [0.05, 0.1) is 18.8 Å². The summed E-state index contributed by atoms with van der Waals surface area (Å²) in [5.74, 6) is -0.966. The number of ether oxygens (including phenoxy) is 1. The summed E-state index contributed by atoms with van der Waals surface area (Å²) in [6, 6.07) is -0.166. The third-order valence-corrected chi connectivity index (χ3v) is 4.71. The van der Waals surface area contributed by atoms with Crippen LogP contribution >= 0.6 is 0 Å². The van der Waals surface area contributed by atoms with Gasteiger partial charge in [-0.15, -0.1) is 0 Å². The minimum Gasteiger partial charge on any atom is -0.480 e. The van der Waals surface area contributed by atoms with Crippen LogP contribution in [0.1, 0.15) is 46.0 Å². The van der Waals surface area contributed by atoms with Crippen LogP contribution in [0.25, 0.3) is 0 Å². The number of amides is 2. The van der Waals surface area contributed by atoms with Gasteiger partial charge in [-0.2, -0.15) is 0 Å². The second kappa shape index (κ2) is 5.99. The smallest absolute Gasteiger partial charge is 0.329 e. The molecule has 0 bridgehead atoms. The molecule has 2 atom stereocenters. The van der Waals surface area contributed by atoms with Gasteiger partial charge in [0.15, 0.2) is 0 Å². The van der Waals surface area contributed by atoms with E-state index in [1.165, 1.54) is 0 Å². The zero-order chi connectivity index (χ0) is 14.8. The SMILES string of the molecule is CCC(CC)(NC(=O)N1CCOC2CCCC21)C(=O)O. The first-order valence-electron chi connectivity index (χ1n) is 7.48. The quantitative estimate of drug-likeness (QED) is 0.821. The van der Waals surface area contributed by atoms with Crippen LogP contribution in [0.5, 0.6) is 0 Å². The molecular weight excluding hydrogens is 260 g/mol. The number of aliphatic carboxylic acids is 1. The summed E-state index contributed by atoms with van der Waals surface area (Å²) in [4.78, 5) is 25.7. The van der Waals surface area contributed by atoms with Crippen molar-refractivity contribution in [3.63, 3.8) is 0 Å². The molecule has 20 heavy (non-hydrogen) atoms. The number of fused-ring (bicyclic) bond motifs is 1. The molecule has 1 aliphatic heterocycles. The normalized spacial score (nSPS) is 26.2. The van der Waals surface area contributed by atoms with E-state index >= 15 is 0 Å². The predicted octanol–water partition coefficient (Wildman–Crippen LogP) is 1.59. The largest absolute Gasteiger partial charge is 0.480 e. The highest BCUT2D eigenvalue weighted by atomic mass is 16.5. The maximum Gasteiger partial charge on any atom is 0.329 e. The predicted molar refractivity (Wildman–Crippen MR) is 73.6 cm³/mol. The molecular formula is C14H24N2O4. The average molecular weight is 284 g/mol. The van der Waals surface area contributed by atoms with Crippen molar-refractivity contribution in [1.29, 1.82) is 0 Å². The molecule has 2 unspecified atom stereocenters. The zero-order valence-corrected chi connectivity index (χ0v) is 12.2. The maximum atomic E-state index is 12.5. The molecule has 0 spiro atoms. The van der Waals surface area contributed by atoms with Gasteiger partial charge >= 0.3 is 12.0 Å². The molecule has 2 N–H and O–H groups in total. The van der Waals surface area contributed by atoms with Gasteiger partial charge in [-0.1, -0.05) is 13.8 Å². The van der Waals surface area contributed by atoms with Gasteiger partial charge < -0.3 is 20.1 Å². The molecule has 6 heteroatoms. The van der Waals surface area contributed by atoms with E-state index in [0.717, 1.165) is 19.3 Å². The van der Waals surface area contributed by atoms with Crippen molar-refractivity contribution in [2.45, 2.75) is 63.6 Å². The highest BCUT2D eigenvalue weighted by Gasteiger charge is 2.42. The zero-order valence-electron chi connectivity index (χ0n) is 12.2. The van der Waals surface area contributed by atoms with Gasteiger partial charge in [0.2, 0.25) is 0 Å². The van der Waals surface area contributed by atoms with Crippen molar-refractivity contribution in [3.8, 4) is 0 Å². The van der Waals surface area contributed by atoms with Crippen molar-refractivity contribution >= 4 is 12.0 Å². The molecule has 0 aromatic rings. The van der Waals surface area contributed by atoms with Crippen molar-refractivity contribution in [3.05, 3.63) is 0 Å². The average Bonchev–Trinajstić information content (AvgIpc) is 2.92. The van der Waals surface area contributed by atoms with Crippen molar-refractivity contribution < 1.29 is 19.4 Å². The Morgan fingerprint density at radius 1 is 1.35 bits per heavy atom. The molecule has 2 amide bonds. The van der Waals surface area contributed by atoms with E-state index in [0.29, 0.717) is 26.0 Å². The number of carboxylic acid groups (broad SMARTS) is 1. The van der Waals surface area contributed by atoms with E-state index in [2.05, 4.69) is 5.32 Å². The number of hydrogen-bond acceptors (Lipinski definition) is 3. The maximum absolute atomic E-state index is 12.5. The lowest BCUT2D eigenvalue weighted by atomic mass is 9.93. The first-order chi connectivity index (χ1) is 9.54. The molecule has 2 fully saturated rings. The van der Waals surface area contributed by atoms with Crippen LogP contribution in [0, 0.1) is 0 Å². The molecule has 2 aliphatic rings. The molecule has 0 radical (unpaired) electrons. The Labute approximate surface area is 119 Å². The van der Waals surface area contributed by atoms with Crippen LogP contribution < -0.4 is 5.32 Å². The van der Waals surface area contributed by atoms with Gasteiger partial charge in [0.1, 0.15) is 5.54 Å². The third kappa shape index (κ3) is 2.61. The first kappa shape index (κ1) is 15.1. The summed E-state index contributed by atoms with van der Waals surface area (Å²) in [6.07, 6.45) is 3.87. The minimum atomic E-state index is -1.16. The van der Waals surface area contributed by atoms with E-state index in [-0.39, 0.29) is 18.2 Å². The standard InChI is InChI=1S/C14H24N2O4/c1-3-14(4-2,12(17)18)15-13(19)16-8-9-20-11-7-5-6-10(11)16/h10-11H,3-9H2,1-2H3,(H,15,19)(H,17,18). The van der Waals surface area contributed by atoms with E-state index in [4.69, 9.17) is 4.74 Å². The fraction of sp³-hybridized carbons (Fsp3) is 0.857. The van der Waals surface area contributed by atoms with Crippen LogP contribution in [-0.4, -0.2) is 52.8 Å². The summed E-state index contributed by atoms with van der Waals surface area (Å²) in [6.45, 7) is 4.65. The van der Waals surface area contributed by atoms with Gasteiger partial charge in [0.25, 0.3) is 0 Å². The van der Waals surface area contributed by atoms with Crippen LogP contribution in [0.4, 0.5) is 4.79 Å². The molecule has 1 heterocycles. The number of carbonyl (C=O) groups excluding carboxylic acids is 1. The van der Waals surface area contributed by atoms with Crippen molar-refractivity contribution in [2.75, 3.05) is 13.2 Å². The highest BCUT2D eigenvalue weighted by Crippen LogP contribution is 2.30. The number of nitrogens with zero attached hydrogens (tertiary/aromatic N) is 1. The summed E-state index contributed by atoms with van der Waals surface area (Å²) >= 11 is 0. The number of rotatable bonds is 4. The summed E-state index contributed by atoms with van der Waals surface area (Å²) in [7, 11) is 0. The Bertz CT molecular complexity index is 381. The second-order valence-electron chi connectivity index (χ2n) is 5.63. The molecule has 2 rings (SSSR count). The van der Waals surface area contributed by atoms with Gasteiger partial charge in [-0.3, -0.25) is 0 Å². The Balaban J connectivity index is 2.08. The van der Waals surface area contributed by atoms with Crippen molar-refractivity contribution in [1.82, 2.24) is 10.2 Å². The molecule has 0 aromatic carbocycles. The lowest BCUT2D eigenvalue weighted by Crippen LogP contribution is -2.61. The first-order valence-corrected chi connectivity index (χ1v) is 7.48. The Hall–Kier alpha value is -1.30. The van der Waals surface area contributed by atoms with Crippen LogP contribution in [0.3, 0.4) is 0 Å². The number of hydrogen-bond donors (Lipinski definition) is 2. The summed E-state index contributed by atoms with van der Waals surface area (Å²) in [5.41, 5.74) is -1.16. The number of carboxylic acids is 1. The van der Waals surface area contributed by atoms with Gasteiger partial charge in [-0.05, 0) is 32.1 Å². The van der Waals surface area contributed by atoms with E-state index in [1.54, 1.807) is 18.7 Å². The number of urea groups is 1. The van der Waals surface area contributed by atoms with Crippen LogP contribution in [0.15, 0.2) is 0 Å². The van der Waals surface area contributed by atoms with Crippen molar-refractivity contribution in [2.24, 2.45) is 0 Å². The monoisotopic (exact) mass is 284 g/mol. The number of morpholine rings is 1. The topological polar surface area (TPSA) is 78.9 Å². The minimum absolute atomic E-state index is 0.101. The molecule has 114 valence electrons. The number of carbonyl (C=O) groups is 2. The third-order valence-electron chi connectivity index (χ3n) is 4.71. The summed E-state index contributed by atoms with van der Waals surface area (Å²) < 4.78 is 5.67. The lowest BCUT2D eigenvalue weighted by molar-refractivity contribution is -0.145. The van der Waals surface area contributed by atoms with E-state index in [1.807, 2.05) is 0 Å². The van der Waals surface area contributed by atoms with E-state index in [9.17, 15) is 14.7 Å². The van der Waals surface area contributed by atoms with E-state index < -0.39 is 11.5 Å². The Morgan fingerprint density at radius 2 is 2.05 bits per heavy atom. The number of nitrogens with one attached hydrogen (secondary N) is 1. The molecule has 1 saturated carbocycles. The summed E-state index contributed by atoms with van der Waals surface area (Å²) in [5, 5.41) is 12.1. The molecule has 1 saturated heterocycles. The lowest BCUT2D eigenvalue weighted by Gasteiger charge is -2.40. The molecule has 6 nitrogen and oxygen atoms in total. The Kier molecular flexibility index (Phi) is 4.52. The Morgan fingerprint density at radius 3 is 2.65 bits per heavy atom. The fourth-order valence-corrected chi connectivity index (χ4v) is 3.24. The van der Waals surface area contributed by atoms with Crippen LogP contribution in [-0.2, 0) is 9.53 Å². The van der Waals surface area contributed by atoms with Gasteiger partial charge in [-0.25, -0.2) is 9.59 Å². The highest BCUT2D eigenvalue weighted by molar-refractivity contribution is 5.86. The molecule has 0 aromatic heterocycles. The fourth-order valence-electron chi connectivity index (χ4n) is 3.24. The van der Waals surface area contributed by atoms with Gasteiger partial charge in [0, 0.05) is 6.54 Å². The second-order valence-corrected chi connectivity index (χ2v) is 5.63.